The van der Waals surface area contributed by atoms with Gasteiger partial charge in [0.15, 0.2) is 0 Å². The lowest BCUT2D eigenvalue weighted by atomic mass is 10.0. The zero-order valence-corrected chi connectivity index (χ0v) is 24.1. The molecule has 224 valence electrons. The molecule has 15 heteroatoms. The number of carbonyl (C=O) groups is 1. The van der Waals surface area contributed by atoms with Gasteiger partial charge in [-0.25, -0.2) is 17.8 Å². The molecule has 0 spiro atoms. The number of nitrogens with one attached hydrogen (secondary N) is 1. The SMILES string of the molecule is CC(C)CN(CC(OP(=O)(O)O)C(Cc1ccccc1)NC(=O)O[C@H]1CCOC1)S(=O)(=O)c1ccc(N)cc1.O. The van der Waals surface area contributed by atoms with Gasteiger partial charge in [0.1, 0.15) is 12.2 Å². The summed E-state index contributed by atoms with van der Waals surface area (Å²) in [6.45, 7) is 3.87. The molecule has 2 unspecified atom stereocenters. The smallest absolute Gasteiger partial charge is 0.444 e. The molecule has 1 fully saturated rings. The molecule has 13 nitrogen and oxygen atoms in total. The van der Waals surface area contributed by atoms with Crippen molar-refractivity contribution in [2.45, 2.75) is 49.8 Å². The number of phosphoric ester groups is 1. The largest absolute Gasteiger partial charge is 0.469 e. The Labute approximate surface area is 234 Å². The van der Waals surface area contributed by atoms with E-state index in [0.717, 1.165) is 9.87 Å². The number of rotatable bonds is 13. The molecule has 1 amide bonds. The van der Waals surface area contributed by atoms with Crippen LogP contribution in [0, 0.1) is 5.92 Å². The van der Waals surface area contributed by atoms with Crippen LogP contribution in [0.1, 0.15) is 25.8 Å². The highest BCUT2D eigenvalue weighted by atomic mass is 32.2. The molecule has 1 aliphatic rings. The number of anilines is 1. The van der Waals surface area contributed by atoms with E-state index in [9.17, 15) is 27.6 Å². The average Bonchev–Trinajstić information content (AvgIpc) is 3.35. The van der Waals surface area contributed by atoms with Crippen molar-refractivity contribution in [2.75, 3.05) is 32.0 Å². The molecule has 2 aromatic carbocycles. The maximum atomic E-state index is 13.6. The van der Waals surface area contributed by atoms with Gasteiger partial charge in [-0.15, -0.1) is 0 Å². The summed E-state index contributed by atoms with van der Waals surface area (Å²) in [5.74, 6) is -0.142. The van der Waals surface area contributed by atoms with E-state index in [1.807, 2.05) is 13.8 Å². The van der Waals surface area contributed by atoms with Crippen molar-refractivity contribution in [3.63, 3.8) is 0 Å². The third-order valence-electron chi connectivity index (χ3n) is 5.96. The van der Waals surface area contributed by atoms with E-state index in [1.165, 1.54) is 24.3 Å². The highest BCUT2D eigenvalue weighted by Crippen LogP contribution is 2.39. The Morgan fingerprint density at radius 1 is 1.15 bits per heavy atom. The highest BCUT2D eigenvalue weighted by Gasteiger charge is 2.37. The van der Waals surface area contributed by atoms with Crippen LogP contribution >= 0.6 is 7.82 Å². The number of hydrogen-bond acceptors (Lipinski definition) is 8. The van der Waals surface area contributed by atoms with Crippen LogP contribution in [-0.2, 0) is 35.0 Å². The van der Waals surface area contributed by atoms with Crippen molar-refractivity contribution in [3.8, 4) is 0 Å². The van der Waals surface area contributed by atoms with Crippen LogP contribution in [0.15, 0.2) is 59.5 Å². The van der Waals surface area contributed by atoms with Gasteiger partial charge in [0.2, 0.25) is 10.0 Å². The van der Waals surface area contributed by atoms with Gasteiger partial charge >= 0.3 is 13.9 Å². The minimum atomic E-state index is -5.12. The fourth-order valence-corrected chi connectivity index (χ4v) is 6.35. The lowest BCUT2D eigenvalue weighted by molar-refractivity contribution is 0.0601. The van der Waals surface area contributed by atoms with Crippen LogP contribution in [0.3, 0.4) is 0 Å². The molecular formula is C25H38N3O10PS. The Kier molecular flexibility index (Phi) is 12.5. The first kappa shape index (κ1) is 33.7. The highest BCUT2D eigenvalue weighted by molar-refractivity contribution is 7.89. The number of amides is 1. The molecule has 1 heterocycles. The monoisotopic (exact) mass is 603 g/mol. The molecule has 3 rings (SSSR count). The Balaban J connectivity index is 0.00000560. The predicted molar refractivity (Wildman–Crippen MR) is 148 cm³/mol. The molecule has 0 saturated carbocycles. The third-order valence-corrected chi connectivity index (χ3v) is 8.35. The first-order valence-corrected chi connectivity index (χ1v) is 15.5. The molecule has 0 aromatic heterocycles. The quantitative estimate of drug-likeness (QED) is 0.192. The molecular weight excluding hydrogens is 565 g/mol. The topological polar surface area (TPSA) is 209 Å². The van der Waals surface area contributed by atoms with Crippen molar-refractivity contribution < 1.29 is 47.0 Å². The molecule has 40 heavy (non-hydrogen) atoms. The minimum absolute atomic E-state index is 0. The average molecular weight is 604 g/mol. The minimum Gasteiger partial charge on any atom is -0.444 e. The molecule has 3 atom stereocenters. The Hall–Kier alpha value is -2.55. The molecule has 0 radical (unpaired) electrons. The van der Waals surface area contributed by atoms with Crippen LogP contribution in [0.25, 0.3) is 0 Å². The second kappa shape index (κ2) is 14.9. The van der Waals surface area contributed by atoms with Crippen LogP contribution in [0.5, 0.6) is 0 Å². The summed E-state index contributed by atoms with van der Waals surface area (Å²) >= 11 is 0. The molecule has 0 aliphatic carbocycles. The summed E-state index contributed by atoms with van der Waals surface area (Å²) in [5, 5.41) is 2.65. The number of nitrogens with two attached hydrogens (primary N) is 1. The molecule has 0 bridgehead atoms. The number of sulfonamides is 1. The normalized spacial score (nSPS) is 17.3. The molecule has 2 aromatic rings. The lowest BCUT2D eigenvalue weighted by Gasteiger charge is -2.33. The second-order valence-corrected chi connectivity index (χ2v) is 12.9. The first-order chi connectivity index (χ1) is 18.3. The maximum absolute atomic E-state index is 13.6. The fraction of sp³-hybridized carbons (Fsp3) is 0.480. The van der Waals surface area contributed by atoms with Crippen LogP contribution in [0.4, 0.5) is 10.5 Å². The number of nitrogens with zero attached hydrogens (tertiary/aromatic N) is 1. The van der Waals surface area contributed by atoms with Crippen molar-refractivity contribution in [2.24, 2.45) is 5.92 Å². The van der Waals surface area contributed by atoms with Crippen LogP contribution in [-0.4, -0.2) is 78.6 Å². The number of carbonyl (C=O) groups excluding carboxylic acids is 1. The van der Waals surface area contributed by atoms with Gasteiger partial charge in [-0.05, 0) is 42.2 Å². The molecule has 7 N–H and O–H groups in total. The van der Waals surface area contributed by atoms with E-state index < -0.39 is 48.7 Å². The summed E-state index contributed by atoms with van der Waals surface area (Å²) in [6, 6.07) is 13.5. The maximum Gasteiger partial charge on any atom is 0.469 e. The van der Waals surface area contributed by atoms with Gasteiger partial charge in [0.25, 0.3) is 0 Å². The zero-order chi connectivity index (χ0) is 28.6. The summed E-state index contributed by atoms with van der Waals surface area (Å²) in [5.41, 5.74) is 6.82. The van der Waals surface area contributed by atoms with Crippen LogP contribution < -0.4 is 11.1 Å². The van der Waals surface area contributed by atoms with Gasteiger partial charge in [0, 0.05) is 25.2 Å². The molecule has 1 saturated heterocycles. The van der Waals surface area contributed by atoms with Crippen molar-refractivity contribution in [1.29, 1.82) is 0 Å². The second-order valence-electron chi connectivity index (χ2n) is 9.75. The van der Waals surface area contributed by atoms with Gasteiger partial charge in [-0.2, -0.15) is 4.31 Å². The standard InChI is InChI=1S/C25H36N3O9PS.H2O/c1-18(2)15-28(39(33,34)22-10-8-20(26)9-11-22)16-24(37-38(30,31)32)23(14-19-6-4-3-5-7-19)27-25(29)36-21-12-13-35-17-21;/h3-11,18,21,23-24H,12-17,26H2,1-2H3,(H,27,29)(H2,30,31,32);1H2/t21-,23?,24?;/m0./s1. The number of ether oxygens (including phenoxy) is 2. The van der Waals surface area contributed by atoms with Crippen molar-refractivity contribution in [1.82, 2.24) is 9.62 Å². The summed E-state index contributed by atoms with van der Waals surface area (Å²) in [6.07, 6.45) is -2.14. The van der Waals surface area contributed by atoms with E-state index in [4.69, 9.17) is 19.7 Å². The summed E-state index contributed by atoms with van der Waals surface area (Å²) in [4.78, 5) is 32.3. The Morgan fingerprint density at radius 3 is 2.35 bits per heavy atom. The van der Waals surface area contributed by atoms with Gasteiger partial charge < -0.3 is 35.8 Å². The number of hydrogen-bond donors (Lipinski definition) is 4. The summed E-state index contributed by atoms with van der Waals surface area (Å²) in [7, 11) is -9.26. The van der Waals surface area contributed by atoms with E-state index in [0.29, 0.717) is 18.7 Å². The Morgan fingerprint density at radius 2 is 1.80 bits per heavy atom. The predicted octanol–water partition coefficient (Wildman–Crippen LogP) is 1.70. The fourth-order valence-electron chi connectivity index (χ4n) is 4.16. The van der Waals surface area contributed by atoms with Crippen LogP contribution in [0.2, 0.25) is 0 Å². The number of alkyl carbamates (subject to hydrolysis) is 1. The Bertz CT molecular complexity index is 1220. The van der Waals surface area contributed by atoms with Gasteiger partial charge in [-0.3, -0.25) is 4.52 Å². The van der Waals surface area contributed by atoms with Crippen molar-refractivity contribution >= 4 is 29.6 Å². The van der Waals surface area contributed by atoms with E-state index in [1.54, 1.807) is 30.3 Å². The van der Waals surface area contributed by atoms with Crippen molar-refractivity contribution in [3.05, 3.63) is 60.2 Å². The third kappa shape index (κ3) is 10.5. The first-order valence-electron chi connectivity index (χ1n) is 12.5. The van der Waals surface area contributed by atoms with E-state index in [-0.39, 0.29) is 35.9 Å². The number of phosphoric acid groups is 1. The molecule has 1 aliphatic heterocycles. The lowest BCUT2D eigenvalue weighted by Crippen LogP contribution is -2.52. The van der Waals surface area contributed by atoms with Gasteiger partial charge in [-0.1, -0.05) is 44.2 Å². The summed E-state index contributed by atoms with van der Waals surface area (Å²) < 4.78 is 56.2. The van der Waals surface area contributed by atoms with Gasteiger partial charge in [0.05, 0.1) is 24.2 Å². The van der Waals surface area contributed by atoms with E-state index >= 15 is 0 Å². The van der Waals surface area contributed by atoms with E-state index in [2.05, 4.69) is 5.32 Å². The number of benzene rings is 2. The zero-order valence-electron chi connectivity index (χ0n) is 22.4. The number of nitrogen functional groups attached to an aromatic ring is 1.